The Bertz CT molecular complexity index is 877. The molecule has 2 nitrogen and oxygen atoms in total. The predicted molar refractivity (Wildman–Crippen MR) is 117 cm³/mol. The second-order valence-electron chi connectivity index (χ2n) is 7.00. The van der Waals surface area contributed by atoms with Crippen LogP contribution in [0.3, 0.4) is 0 Å². The van der Waals surface area contributed by atoms with Crippen molar-refractivity contribution in [2.45, 2.75) is 19.0 Å². The molecule has 0 unspecified atom stereocenters. The van der Waals surface area contributed by atoms with E-state index in [1.54, 1.807) is 0 Å². The SMILES string of the molecule is ClCc1ccccc1[O][Zr]([O]c1ccccc1CCl)([CH]1C=CC=C1)[CH]1C=CC=C1. The Morgan fingerprint density at radius 3 is 1.38 bits per heavy atom. The van der Waals surface area contributed by atoms with Crippen LogP contribution in [0.5, 0.6) is 11.5 Å². The molecule has 0 bridgehead atoms. The van der Waals surface area contributed by atoms with Gasteiger partial charge in [0.1, 0.15) is 0 Å². The van der Waals surface area contributed by atoms with Crippen LogP contribution in [0, 0.1) is 0 Å². The van der Waals surface area contributed by atoms with Gasteiger partial charge >= 0.3 is 189 Å². The summed E-state index contributed by atoms with van der Waals surface area (Å²) >= 11 is 8.46. The molecule has 2 aromatic carbocycles. The third-order valence-corrected chi connectivity index (χ3v) is 14.9. The van der Waals surface area contributed by atoms with Gasteiger partial charge < -0.3 is 0 Å². The number of allylic oxidation sites excluding steroid dienone is 8. The Morgan fingerprint density at radius 2 is 1.00 bits per heavy atom. The molecule has 2 aliphatic carbocycles. The number of para-hydroxylation sites is 2. The summed E-state index contributed by atoms with van der Waals surface area (Å²) in [5, 5.41) is 0. The van der Waals surface area contributed by atoms with Crippen molar-refractivity contribution in [3.8, 4) is 11.5 Å². The quantitative estimate of drug-likeness (QED) is 0.348. The maximum absolute atomic E-state index is 6.95. The van der Waals surface area contributed by atoms with Crippen molar-refractivity contribution < 1.29 is 26.8 Å². The monoisotopic (exact) mass is 502 g/mol. The van der Waals surface area contributed by atoms with Crippen molar-refractivity contribution in [3.05, 3.63) is 108 Å². The Balaban J connectivity index is 1.84. The number of halogens is 2. The zero-order valence-electron chi connectivity index (χ0n) is 15.9. The van der Waals surface area contributed by atoms with Crippen LogP contribution in [0.2, 0.25) is 7.25 Å². The molecule has 0 fully saturated rings. The first-order chi connectivity index (χ1) is 14.3. The first-order valence-electron chi connectivity index (χ1n) is 9.62. The fourth-order valence-corrected chi connectivity index (χ4v) is 13.1. The fraction of sp³-hybridized carbons (Fsp3) is 0.167. The first kappa shape index (κ1) is 20.7. The summed E-state index contributed by atoms with van der Waals surface area (Å²) in [6.07, 6.45) is 17.1. The molecule has 0 heterocycles. The molecule has 0 atom stereocenters. The number of rotatable bonds is 8. The van der Waals surface area contributed by atoms with E-state index in [4.69, 9.17) is 28.8 Å². The van der Waals surface area contributed by atoms with E-state index in [9.17, 15) is 0 Å². The van der Waals surface area contributed by atoms with Gasteiger partial charge in [0.25, 0.3) is 0 Å². The van der Waals surface area contributed by atoms with Gasteiger partial charge in [-0.05, 0) is 0 Å². The first-order valence-corrected chi connectivity index (χ1v) is 15.5. The van der Waals surface area contributed by atoms with Gasteiger partial charge in [0.05, 0.1) is 0 Å². The van der Waals surface area contributed by atoms with Crippen LogP contribution in [-0.2, 0) is 32.9 Å². The third kappa shape index (κ3) is 4.33. The van der Waals surface area contributed by atoms with Gasteiger partial charge in [0.2, 0.25) is 0 Å². The van der Waals surface area contributed by atoms with Crippen molar-refractivity contribution in [2.75, 3.05) is 0 Å². The summed E-state index contributed by atoms with van der Waals surface area (Å²) in [7, 11) is 0. The number of hydrogen-bond donors (Lipinski definition) is 0. The van der Waals surface area contributed by atoms with E-state index in [-0.39, 0.29) is 7.25 Å². The van der Waals surface area contributed by atoms with Crippen LogP contribution in [0.15, 0.2) is 97.1 Å². The normalized spacial score (nSPS) is 16.1. The standard InChI is InChI=1S/2C7H7ClO.2C5H5.Zr/c2*8-5-6-3-1-2-4-7(6)9;2*1-2-4-5-3-1;/h2*1-4,9H,5H2;2*1-5H;/q;;;;+2/p-2. The van der Waals surface area contributed by atoms with Crippen molar-refractivity contribution in [2.24, 2.45) is 0 Å². The Hall–Kier alpha value is -1.54. The molecule has 0 aliphatic heterocycles. The topological polar surface area (TPSA) is 18.5 Å². The van der Waals surface area contributed by atoms with Crippen LogP contribution >= 0.6 is 23.2 Å². The van der Waals surface area contributed by atoms with Gasteiger partial charge in [-0.25, -0.2) is 0 Å². The fourth-order valence-electron chi connectivity index (χ4n) is 3.69. The Kier molecular flexibility index (Phi) is 6.80. The molecule has 0 saturated carbocycles. The van der Waals surface area contributed by atoms with E-state index in [0.717, 1.165) is 22.6 Å². The van der Waals surface area contributed by atoms with Crippen LogP contribution in [0.4, 0.5) is 0 Å². The zero-order chi connectivity index (χ0) is 20.1. The van der Waals surface area contributed by atoms with Crippen LogP contribution in [0.1, 0.15) is 11.1 Å². The molecular weight excluding hydrogens is 482 g/mol. The zero-order valence-corrected chi connectivity index (χ0v) is 19.8. The second-order valence-corrected chi connectivity index (χ2v) is 15.4. The molecule has 0 amide bonds. The molecule has 0 spiro atoms. The van der Waals surface area contributed by atoms with Crippen molar-refractivity contribution in [1.82, 2.24) is 0 Å². The minimum atomic E-state index is -3.97. The van der Waals surface area contributed by atoms with E-state index >= 15 is 0 Å². The Labute approximate surface area is 187 Å². The van der Waals surface area contributed by atoms with Gasteiger partial charge in [0, 0.05) is 0 Å². The average Bonchev–Trinajstić information content (AvgIpc) is 3.48. The number of alkyl halides is 2. The molecule has 29 heavy (non-hydrogen) atoms. The second kappa shape index (κ2) is 9.52. The molecule has 5 heteroatoms. The van der Waals surface area contributed by atoms with Gasteiger partial charge in [-0.2, -0.15) is 0 Å². The van der Waals surface area contributed by atoms with E-state index in [0.29, 0.717) is 11.8 Å². The summed E-state index contributed by atoms with van der Waals surface area (Å²) in [6, 6.07) is 15.9. The molecule has 0 aromatic heterocycles. The summed E-state index contributed by atoms with van der Waals surface area (Å²) in [6.45, 7) is 0. The summed E-state index contributed by atoms with van der Waals surface area (Å²) in [5.41, 5.74) is 1.95. The molecule has 4 rings (SSSR count). The van der Waals surface area contributed by atoms with Gasteiger partial charge in [0.15, 0.2) is 0 Å². The molecular formula is C24H22Cl2O2Zr. The average molecular weight is 505 g/mol. The molecule has 0 N–H and O–H groups in total. The van der Waals surface area contributed by atoms with Crippen molar-refractivity contribution >= 4 is 23.2 Å². The molecule has 0 saturated heterocycles. The maximum atomic E-state index is 6.95. The summed E-state index contributed by atoms with van der Waals surface area (Å²) < 4.78 is 14.1. The third-order valence-electron chi connectivity index (χ3n) is 5.20. The van der Waals surface area contributed by atoms with E-state index in [1.807, 2.05) is 48.5 Å². The number of benzene rings is 2. The minimum absolute atomic E-state index is 0.119. The van der Waals surface area contributed by atoms with Crippen LogP contribution in [-0.4, -0.2) is 0 Å². The Morgan fingerprint density at radius 1 is 0.621 bits per heavy atom. The van der Waals surface area contributed by atoms with Gasteiger partial charge in [-0.15, -0.1) is 0 Å². The molecule has 148 valence electrons. The van der Waals surface area contributed by atoms with E-state index < -0.39 is 21.1 Å². The van der Waals surface area contributed by atoms with Crippen LogP contribution < -0.4 is 5.63 Å². The van der Waals surface area contributed by atoms with Crippen molar-refractivity contribution in [1.29, 1.82) is 0 Å². The van der Waals surface area contributed by atoms with Gasteiger partial charge in [-0.3, -0.25) is 0 Å². The van der Waals surface area contributed by atoms with Crippen LogP contribution in [0.25, 0.3) is 0 Å². The van der Waals surface area contributed by atoms with Crippen molar-refractivity contribution in [3.63, 3.8) is 0 Å². The molecule has 2 aliphatic rings. The predicted octanol–water partition coefficient (Wildman–Crippen LogP) is 7.43. The summed E-state index contributed by atoms with van der Waals surface area (Å²) in [4.78, 5) is 0. The van der Waals surface area contributed by atoms with Gasteiger partial charge in [-0.1, -0.05) is 0 Å². The summed E-state index contributed by atoms with van der Waals surface area (Å²) in [5.74, 6) is 2.40. The number of hydrogen-bond acceptors (Lipinski definition) is 2. The molecule has 0 radical (unpaired) electrons. The van der Waals surface area contributed by atoms with E-state index in [1.165, 1.54) is 0 Å². The van der Waals surface area contributed by atoms with E-state index in [2.05, 4.69) is 48.6 Å². The molecule has 2 aromatic rings.